The number of carbonyl (C=O) groups excluding carboxylic acids is 1. The summed E-state index contributed by atoms with van der Waals surface area (Å²) in [6.45, 7) is 0.208. The third kappa shape index (κ3) is 3.48. The highest BCUT2D eigenvalue weighted by molar-refractivity contribution is 5.92. The third-order valence-electron chi connectivity index (χ3n) is 2.44. The van der Waals surface area contributed by atoms with E-state index in [9.17, 15) is 14.9 Å². The van der Waals surface area contributed by atoms with Crippen molar-refractivity contribution in [3.05, 3.63) is 58.2 Å². The van der Waals surface area contributed by atoms with Gasteiger partial charge in [0.2, 0.25) is 5.91 Å². The van der Waals surface area contributed by atoms with Gasteiger partial charge in [0, 0.05) is 12.1 Å². The van der Waals surface area contributed by atoms with Gasteiger partial charge in [-0.15, -0.1) is 0 Å². The summed E-state index contributed by atoms with van der Waals surface area (Å²) >= 11 is 0. The third-order valence-corrected chi connectivity index (χ3v) is 2.44. The van der Waals surface area contributed by atoms with Crippen LogP contribution in [0.25, 0.3) is 6.08 Å². The van der Waals surface area contributed by atoms with E-state index in [0.29, 0.717) is 11.4 Å². The minimum atomic E-state index is -0.494. The number of aromatic nitrogens is 3. The van der Waals surface area contributed by atoms with Crippen molar-refractivity contribution in [3.63, 3.8) is 0 Å². The average Bonchev–Trinajstić information content (AvgIpc) is 2.96. The number of nitrogens with zero attached hydrogens (tertiary/aromatic N) is 3. The minimum absolute atomic E-state index is 0.0493. The summed E-state index contributed by atoms with van der Waals surface area (Å²) in [6.07, 6.45) is 3.97. The number of hydrogen-bond donors (Lipinski definition) is 2. The van der Waals surface area contributed by atoms with Crippen LogP contribution in [0.5, 0.6) is 0 Å². The van der Waals surface area contributed by atoms with Crippen LogP contribution in [-0.4, -0.2) is 26.0 Å². The number of nitro benzene ring substituents is 1. The first-order valence-corrected chi connectivity index (χ1v) is 5.70. The Kier molecular flexibility index (Phi) is 4.17. The van der Waals surface area contributed by atoms with Crippen LogP contribution in [0.1, 0.15) is 11.4 Å². The van der Waals surface area contributed by atoms with Gasteiger partial charge in [-0.25, -0.2) is 4.98 Å². The molecule has 8 nitrogen and oxygen atoms in total. The van der Waals surface area contributed by atoms with Crippen LogP contribution in [0.3, 0.4) is 0 Å². The predicted octanol–water partition coefficient (Wildman–Crippen LogP) is 1.04. The molecule has 0 aliphatic heterocycles. The topological polar surface area (TPSA) is 114 Å². The molecular weight excluding hydrogens is 262 g/mol. The molecule has 2 aromatic rings. The second-order valence-electron chi connectivity index (χ2n) is 3.80. The molecular formula is C12H11N5O3. The van der Waals surface area contributed by atoms with Crippen molar-refractivity contribution in [1.29, 1.82) is 0 Å². The molecule has 102 valence electrons. The molecule has 8 heteroatoms. The summed E-state index contributed by atoms with van der Waals surface area (Å²) in [5.41, 5.74) is 0.319. The van der Waals surface area contributed by atoms with E-state index in [1.54, 1.807) is 18.2 Å². The number of hydrogen-bond acceptors (Lipinski definition) is 5. The second-order valence-corrected chi connectivity index (χ2v) is 3.80. The summed E-state index contributed by atoms with van der Waals surface area (Å²) in [6, 6.07) is 6.18. The highest BCUT2D eigenvalue weighted by Gasteiger charge is 2.09. The molecule has 1 amide bonds. The van der Waals surface area contributed by atoms with Gasteiger partial charge in [0.15, 0.2) is 0 Å². The van der Waals surface area contributed by atoms with E-state index in [1.165, 1.54) is 24.5 Å². The normalized spacial score (nSPS) is 10.6. The fraction of sp³-hybridized carbons (Fsp3) is 0.0833. The molecule has 20 heavy (non-hydrogen) atoms. The highest BCUT2D eigenvalue weighted by Crippen LogP contribution is 2.18. The quantitative estimate of drug-likeness (QED) is 0.480. The molecule has 0 saturated heterocycles. The Hall–Kier alpha value is -3.03. The first kappa shape index (κ1) is 13.4. The summed E-state index contributed by atoms with van der Waals surface area (Å²) < 4.78 is 0. The second kappa shape index (κ2) is 6.23. The molecule has 0 radical (unpaired) electrons. The lowest BCUT2D eigenvalue weighted by molar-refractivity contribution is -0.385. The van der Waals surface area contributed by atoms with E-state index in [1.807, 2.05) is 0 Å². The van der Waals surface area contributed by atoms with Crippen molar-refractivity contribution >= 4 is 17.7 Å². The first-order valence-electron chi connectivity index (χ1n) is 5.70. The Morgan fingerprint density at radius 3 is 2.95 bits per heavy atom. The van der Waals surface area contributed by atoms with Gasteiger partial charge in [0.25, 0.3) is 5.69 Å². The fourth-order valence-electron chi connectivity index (χ4n) is 1.51. The van der Waals surface area contributed by atoms with Gasteiger partial charge in [-0.1, -0.05) is 12.1 Å². The number of amides is 1. The van der Waals surface area contributed by atoms with Crippen molar-refractivity contribution in [2.24, 2.45) is 0 Å². The van der Waals surface area contributed by atoms with E-state index < -0.39 is 4.92 Å². The molecule has 0 spiro atoms. The lowest BCUT2D eigenvalue weighted by Gasteiger charge is -1.99. The maximum absolute atomic E-state index is 11.6. The molecule has 0 fully saturated rings. The SMILES string of the molecule is O=C(/C=C/c1ccccc1[N+](=O)[O-])NCc1ncn[nH]1. The van der Waals surface area contributed by atoms with E-state index in [0.717, 1.165) is 0 Å². The van der Waals surface area contributed by atoms with Crippen LogP contribution in [0.4, 0.5) is 5.69 Å². The maximum atomic E-state index is 11.6. The highest BCUT2D eigenvalue weighted by atomic mass is 16.6. The zero-order valence-corrected chi connectivity index (χ0v) is 10.3. The largest absolute Gasteiger partial charge is 0.345 e. The molecule has 0 atom stereocenters. The molecule has 1 heterocycles. The number of rotatable bonds is 5. The summed E-state index contributed by atoms with van der Waals surface area (Å²) in [4.78, 5) is 25.7. The lowest BCUT2D eigenvalue weighted by atomic mass is 10.1. The summed E-state index contributed by atoms with van der Waals surface area (Å²) in [5, 5.41) is 19.6. The van der Waals surface area contributed by atoms with Crippen LogP contribution in [0.15, 0.2) is 36.7 Å². The summed E-state index contributed by atoms with van der Waals surface area (Å²) in [7, 11) is 0. The van der Waals surface area contributed by atoms with Crippen LogP contribution in [0, 0.1) is 10.1 Å². The van der Waals surface area contributed by atoms with E-state index in [2.05, 4.69) is 20.5 Å². The smallest absolute Gasteiger partial charge is 0.276 e. The Bertz CT molecular complexity index is 636. The molecule has 0 saturated carbocycles. The number of benzene rings is 1. The zero-order valence-electron chi connectivity index (χ0n) is 10.3. The molecule has 0 aliphatic rings. The van der Waals surface area contributed by atoms with Crippen LogP contribution >= 0.6 is 0 Å². The van der Waals surface area contributed by atoms with Gasteiger partial charge >= 0.3 is 0 Å². The van der Waals surface area contributed by atoms with Crippen molar-refractivity contribution in [2.45, 2.75) is 6.54 Å². The van der Waals surface area contributed by atoms with Crippen molar-refractivity contribution in [3.8, 4) is 0 Å². The number of H-pyrrole nitrogens is 1. The van der Waals surface area contributed by atoms with Gasteiger partial charge in [-0.2, -0.15) is 5.10 Å². The van der Waals surface area contributed by atoms with Crippen LogP contribution in [-0.2, 0) is 11.3 Å². The van der Waals surface area contributed by atoms with Crippen molar-refractivity contribution in [1.82, 2.24) is 20.5 Å². The number of carbonyl (C=O) groups is 1. The molecule has 2 N–H and O–H groups in total. The maximum Gasteiger partial charge on any atom is 0.276 e. The monoisotopic (exact) mass is 273 g/mol. The molecule has 0 bridgehead atoms. The van der Waals surface area contributed by atoms with Crippen LogP contribution < -0.4 is 5.32 Å². The fourth-order valence-corrected chi connectivity index (χ4v) is 1.51. The van der Waals surface area contributed by atoms with Gasteiger partial charge in [0.1, 0.15) is 12.2 Å². The van der Waals surface area contributed by atoms with Crippen molar-refractivity contribution in [2.75, 3.05) is 0 Å². The van der Waals surface area contributed by atoms with Gasteiger partial charge in [0.05, 0.1) is 17.0 Å². The Labute approximate surface area is 113 Å². The van der Waals surface area contributed by atoms with Crippen LogP contribution in [0.2, 0.25) is 0 Å². The van der Waals surface area contributed by atoms with Crippen molar-refractivity contribution < 1.29 is 9.72 Å². The van der Waals surface area contributed by atoms with E-state index >= 15 is 0 Å². The first-order chi connectivity index (χ1) is 9.66. The lowest BCUT2D eigenvalue weighted by Crippen LogP contribution is -2.20. The Morgan fingerprint density at radius 2 is 2.25 bits per heavy atom. The standard InChI is InChI=1S/C12H11N5O3/c18-12(13-7-11-14-8-15-16-11)6-5-9-3-1-2-4-10(9)17(19)20/h1-6,8H,7H2,(H,13,18)(H,14,15,16)/b6-5+. The number of nitrogens with one attached hydrogen (secondary N) is 2. The molecule has 0 unspecified atom stereocenters. The number of aromatic amines is 1. The Morgan fingerprint density at radius 1 is 1.45 bits per heavy atom. The van der Waals surface area contributed by atoms with Gasteiger partial charge < -0.3 is 5.32 Å². The van der Waals surface area contributed by atoms with E-state index in [4.69, 9.17) is 0 Å². The van der Waals surface area contributed by atoms with Gasteiger partial charge in [-0.3, -0.25) is 20.0 Å². The molecule has 0 aliphatic carbocycles. The number of para-hydroxylation sites is 1. The van der Waals surface area contributed by atoms with Gasteiger partial charge in [-0.05, 0) is 12.1 Å². The molecule has 1 aromatic carbocycles. The molecule has 2 rings (SSSR count). The number of nitro groups is 1. The zero-order chi connectivity index (χ0) is 14.4. The molecule has 1 aromatic heterocycles. The average molecular weight is 273 g/mol. The Balaban J connectivity index is 1.98. The van der Waals surface area contributed by atoms with E-state index in [-0.39, 0.29) is 18.1 Å². The minimum Gasteiger partial charge on any atom is -0.345 e. The summed E-state index contributed by atoms with van der Waals surface area (Å²) in [5.74, 6) is 0.150. The predicted molar refractivity (Wildman–Crippen MR) is 70.4 cm³/mol.